The number of halogens is 1. The number of hydrogen-bond acceptors (Lipinski definition) is 4. The van der Waals surface area contributed by atoms with Gasteiger partial charge in [-0.3, -0.25) is 14.4 Å². The van der Waals surface area contributed by atoms with Crippen molar-refractivity contribution < 1.29 is 23.5 Å². The predicted octanol–water partition coefficient (Wildman–Crippen LogP) is 2.33. The Morgan fingerprint density at radius 1 is 1.10 bits per heavy atom. The number of amides is 3. The number of hydrogen-bond donors (Lipinski definition) is 2. The van der Waals surface area contributed by atoms with Crippen LogP contribution in [-0.2, 0) is 20.8 Å². The average Bonchev–Trinajstić information content (AvgIpc) is 3.09. The molecular weight excluding hydrogens is 377 g/mol. The van der Waals surface area contributed by atoms with Crippen molar-refractivity contribution in [3.8, 4) is 5.75 Å². The summed E-state index contributed by atoms with van der Waals surface area (Å²) in [6, 6.07) is 10.9. The molecule has 0 spiro atoms. The van der Waals surface area contributed by atoms with Crippen molar-refractivity contribution in [2.75, 3.05) is 23.7 Å². The van der Waals surface area contributed by atoms with Gasteiger partial charge in [0.05, 0.1) is 6.42 Å². The van der Waals surface area contributed by atoms with Crippen LogP contribution in [0, 0.1) is 5.82 Å². The molecule has 0 saturated carbocycles. The predicted molar refractivity (Wildman–Crippen MR) is 104 cm³/mol. The molecule has 7 nitrogen and oxygen atoms in total. The molecular formula is C21H20FN3O4. The van der Waals surface area contributed by atoms with Crippen LogP contribution in [0.1, 0.15) is 18.4 Å². The van der Waals surface area contributed by atoms with Crippen molar-refractivity contribution in [2.24, 2.45) is 0 Å². The summed E-state index contributed by atoms with van der Waals surface area (Å²) >= 11 is 0. The Bertz CT molecular complexity index is 953. The number of benzene rings is 2. The van der Waals surface area contributed by atoms with Gasteiger partial charge in [-0.25, -0.2) is 4.39 Å². The highest BCUT2D eigenvalue weighted by Crippen LogP contribution is 2.26. The third-order valence-electron chi connectivity index (χ3n) is 5.03. The van der Waals surface area contributed by atoms with Gasteiger partial charge in [-0.2, -0.15) is 0 Å². The monoisotopic (exact) mass is 397 g/mol. The molecule has 0 aliphatic carbocycles. The minimum Gasteiger partial charge on any atom is -0.490 e. The van der Waals surface area contributed by atoms with E-state index in [0.717, 1.165) is 11.3 Å². The second kappa shape index (κ2) is 7.90. The SMILES string of the molecule is O=C1Cc2cc(NC(=O)C(=O)N3CCC(Oc4ccc(F)cc4)CC3)ccc2N1. The van der Waals surface area contributed by atoms with Crippen molar-refractivity contribution in [1.82, 2.24) is 4.90 Å². The largest absolute Gasteiger partial charge is 0.490 e. The van der Waals surface area contributed by atoms with E-state index in [4.69, 9.17) is 4.74 Å². The van der Waals surface area contributed by atoms with Gasteiger partial charge < -0.3 is 20.3 Å². The first-order valence-electron chi connectivity index (χ1n) is 9.43. The number of likely N-dealkylation sites (tertiary alicyclic amines) is 1. The fourth-order valence-electron chi connectivity index (χ4n) is 3.52. The number of fused-ring (bicyclic) bond motifs is 1. The Kier molecular flexibility index (Phi) is 5.16. The zero-order valence-corrected chi connectivity index (χ0v) is 15.6. The van der Waals surface area contributed by atoms with Gasteiger partial charge in [-0.15, -0.1) is 0 Å². The number of nitrogens with zero attached hydrogens (tertiary/aromatic N) is 1. The molecule has 2 aliphatic heterocycles. The Hall–Kier alpha value is -3.42. The number of anilines is 2. The summed E-state index contributed by atoms with van der Waals surface area (Å²) in [5, 5.41) is 5.32. The molecule has 0 atom stereocenters. The molecule has 2 heterocycles. The summed E-state index contributed by atoms with van der Waals surface area (Å²) in [4.78, 5) is 37.7. The maximum absolute atomic E-state index is 13.0. The Morgan fingerprint density at radius 3 is 2.55 bits per heavy atom. The van der Waals surface area contributed by atoms with Gasteiger partial charge in [0.1, 0.15) is 17.7 Å². The molecule has 2 aliphatic rings. The molecule has 0 unspecified atom stereocenters. The van der Waals surface area contributed by atoms with Crippen molar-refractivity contribution in [2.45, 2.75) is 25.4 Å². The van der Waals surface area contributed by atoms with Crippen molar-refractivity contribution in [3.63, 3.8) is 0 Å². The van der Waals surface area contributed by atoms with E-state index in [1.165, 1.54) is 17.0 Å². The van der Waals surface area contributed by atoms with Crippen LogP contribution in [0.5, 0.6) is 5.75 Å². The summed E-state index contributed by atoms with van der Waals surface area (Å²) in [6.07, 6.45) is 1.34. The van der Waals surface area contributed by atoms with Gasteiger partial charge in [-0.1, -0.05) is 0 Å². The zero-order chi connectivity index (χ0) is 20.4. The van der Waals surface area contributed by atoms with Gasteiger partial charge in [-0.05, 0) is 48.0 Å². The van der Waals surface area contributed by atoms with Crippen molar-refractivity contribution in [3.05, 3.63) is 53.8 Å². The van der Waals surface area contributed by atoms with E-state index in [1.807, 2.05) is 0 Å². The lowest BCUT2D eigenvalue weighted by Gasteiger charge is -2.31. The van der Waals surface area contributed by atoms with Gasteiger partial charge in [0, 0.05) is 37.3 Å². The molecule has 2 aromatic rings. The Labute approximate surface area is 166 Å². The fourth-order valence-corrected chi connectivity index (χ4v) is 3.52. The maximum Gasteiger partial charge on any atom is 0.313 e. The number of piperidine rings is 1. The van der Waals surface area contributed by atoms with E-state index in [9.17, 15) is 18.8 Å². The third kappa shape index (κ3) is 4.37. The first kappa shape index (κ1) is 18.9. The van der Waals surface area contributed by atoms with Gasteiger partial charge in [0.2, 0.25) is 5.91 Å². The van der Waals surface area contributed by atoms with E-state index >= 15 is 0 Å². The molecule has 0 radical (unpaired) electrons. The molecule has 0 bridgehead atoms. The lowest BCUT2D eigenvalue weighted by Crippen LogP contribution is -2.46. The smallest absolute Gasteiger partial charge is 0.313 e. The molecule has 4 rings (SSSR count). The first-order valence-corrected chi connectivity index (χ1v) is 9.43. The average molecular weight is 397 g/mol. The molecule has 2 aromatic carbocycles. The van der Waals surface area contributed by atoms with E-state index in [2.05, 4.69) is 10.6 Å². The number of ether oxygens (including phenoxy) is 1. The summed E-state index contributed by atoms with van der Waals surface area (Å²) < 4.78 is 18.8. The molecule has 8 heteroatoms. The summed E-state index contributed by atoms with van der Waals surface area (Å²) in [6.45, 7) is 0.807. The van der Waals surface area contributed by atoms with Gasteiger partial charge in [0.25, 0.3) is 0 Å². The van der Waals surface area contributed by atoms with Crippen LogP contribution < -0.4 is 15.4 Å². The second-order valence-corrected chi connectivity index (χ2v) is 7.11. The van der Waals surface area contributed by atoms with E-state index in [-0.39, 0.29) is 24.2 Å². The van der Waals surface area contributed by atoms with Crippen LogP contribution in [0.3, 0.4) is 0 Å². The highest BCUT2D eigenvalue weighted by atomic mass is 19.1. The summed E-state index contributed by atoms with van der Waals surface area (Å²) in [5.41, 5.74) is 2.00. The van der Waals surface area contributed by atoms with Crippen molar-refractivity contribution in [1.29, 1.82) is 0 Å². The van der Waals surface area contributed by atoms with Crippen LogP contribution in [0.15, 0.2) is 42.5 Å². The second-order valence-electron chi connectivity index (χ2n) is 7.11. The van der Waals surface area contributed by atoms with E-state index in [0.29, 0.717) is 37.4 Å². The lowest BCUT2D eigenvalue weighted by atomic mass is 10.1. The number of rotatable bonds is 3. The van der Waals surface area contributed by atoms with Gasteiger partial charge >= 0.3 is 11.8 Å². The normalized spacial score (nSPS) is 16.2. The minimum absolute atomic E-state index is 0.0886. The van der Waals surface area contributed by atoms with E-state index in [1.54, 1.807) is 30.3 Å². The molecule has 0 aromatic heterocycles. The molecule has 1 saturated heterocycles. The lowest BCUT2D eigenvalue weighted by molar-refractivity contribution is -0.144. The van der Waals surface area contributed by atoms with Crippen LogP contribution in [0.2, 0.25) is 0 Å². The van der Waals surface area contributed by atoms with Gasteiger partial charge in [0.15, 0.2) is 0 Å². The number of nitrogens with one attached hydrogen (secondary N) is 2. The highest BCUT2D eigenvalue weighted by Gasteiger charge is 2.28. The quantitative estimate of drug-likeness (QED) is 0.779. The van der Waals surface area contributed by atoms with Crippen LogP contribution in [0.4, 0.5) is 15.8 Å². The van der Waals surface area contributed by atoms with Crippen LogP contribution >= 0.6 is 0 Å². The maximum atomic E-state index is 13.0. The topological polar surface area (TPSA) is 87.7 Å². The highest BCUT2D eigenvalue weighted by molar-refractivity contribution is 6.39. The molecule has 29 heavy (non-hydrogen) atoms. The van der Waals surface area contributed by atoms with E-state index < -0.39 is 11.8 Å². The number of carbonyl (C=O) groups is 3. The molecule has 1 fully saturated rings. The summed E-state index contributed by atoms with van der Waals surface area (Å²) in [5.74, 6) is -1.14. The number of carbonyl (C=O) groups excluding carboxylic acids is 3. The molecule has 2 N–H and O–H groups in total. The third-order valence-corrected chi connectivity index (χ3v) is 5.03. The minimum atomic E-state index is -0.708. The Balaban J connectivity index is 1.29. The Morgan fingerprint density at radius 2 is 1.83 bits per heavy atom. The fraction of sp³-hybridized carbons (Fsp3) is 0.286. The standard InChI is InChI=1S/C21H20FN3O4/c22-14-1-4-16(5-2-14)29-17-7-9-25(10-8-17)21(28)20(27)23-15-3-6-18-13(11-15)12-19(26)24-18/h1-6,11,17H,7-10,12H2,(H,23,27)(H,24,26). The summed E-state index contributed by atoms with van der Waals surface area (Å²) in [7, 11) is 0. The van der Waals surface area contributed by atoms with Crippen molar-refractivity contribution >= 4 is 29.1 Å². The van der Waals surface area contributed by atoms with Crippen LogP contribution in [-0.4, -0.2) is 41.8 Å². The van der Waals surface area contributed by atoms with Crippen LogP contribution in [0.25, 0.3) is 0 Å². The zero-order valence-electron chi connectivity index (χ0n) is 15.6. The molecule has 150 valence electrons. The molecule has 3 amide bonds. The first-order chi connectivity index (χ1) is 14.0.